The zero-order valence-electron chi connectivity index (χ0n) is 8.16. The van der Waals surface area contributed by atoms with Crippen molar-refractivity contribution in [2.75, 3.05) is 0 Å². The fourth-order valence-corrected chi connectivity index (χ4v) is 1.98. The Labute approximate surface area is 83.3 Å². The van der Waals surface area contributed by atoms with E-state index in [4.69, 9.17) is 5.26 Å². The topological polar surface area (TPSA) is 23.8 Å². The lowest BCUT2D eigenvalue weighted by atomic mass is 10.1. The second-order valence-corrected chi connectivity index (χ2v) is 4.45. The van der Waals surface area contributed by atoms with Crippen LogP contribution in [0.1, 0.15) is 30.5 Å². The number of allylic oxidation sites excluding steroid dienone is 2. The van der Waals surface area contributed by atoms with Crippen LogP contribution in [0, 0.1) is 17.2 Å². The molecule has 0 saturated carbocycles. The van der Waals surface area contributed by atoms with Crippen molar-refractivity contribution in [2.24, 2.45) is 5.92 Å². The Balaban J connectivity index is 2.90. The normalized spacial score (nSPS) is 11.8. The zero-order valence-corrected chi connectivity index (χ0v) is 8.98. The second kappa shape index (κ2) is 4.25. The fraction of sp³-hybridized carbons (Fsp3) is 0.364. The van der Waals surface area contributed by atoms with Gasteiger partial charge < -0.3 is 0 Å². The summed E-state index contributed by atoms with van der Waals surface area (Å²) in [5.74, 6) is 0.563. The van der Waals surface area contributed by atoms with Crippen LogP contribution in [0.4, 0.5) is 0 Å². The van der Waals surface area contributed by atoms with Crippen LogP contribution in [-0.2, 0) is 0 Å². The summed E-state index contributed by atoms with van der Waals surface area (Å²) in [4.78, 5) is 1.98. The number of nitrogens with zero attached hydrogens (tertiary/aromatic N) is 1. The molecule has 0 aliphatic heterocycles. The van der Waals surface area contributed by atoms with Gasteiger partial charge in [-0.1, -0.05) is 19.9 Å². The van der Waals surface area contributed by atoms with E-state index in [9.17, 15) is 0 Å². The Hall–Kier alpha value is -1.07. The van der Waals surface area contributed by atoms with Gasteiger partial charge in [-0.3, -0.25) is 0 Å². The quantitative estimate of drug-likeness (QED) is 0.699. The van der Waals surface area contributed by atoms with Crippen LogP contribution < -0.4 is 0 Å². The van der Waals surface area contributed by atoms with E-state index in [0.717, 1.165) is 4.88 Å². The van der Waals surface area contributed by atoms with Gasteiger partial charge in [0.2, 0.25) is 0 Å². The molecule has 68 valence electrons. The van der Waals surface area contributed by atoms with E-state index in [-0.39, 0.29) is 0 Å². The van der Waals surface area contributed by atoms with Crippen molar-refractivity contribution in [2.45, 2.75) is 20.8 Å². The van der Waals surface area contributed by atoms with Gasteiger partial charge in [0.25, 0.3) is 0 Å². The van der Waals surface area contributed by atoms with Crippen molar-refractivity contribution in [3.63, 3.8) is 0 Å². The molecule has 1 aromatic rings. The zero-order chi connectivity index (χ0) is 9.84. The number of rotatable bonds is 2. The van der Waals surface area contributed by atoms with Crippen LogP contribution >= 0.6 is 11.3 Å². The van der Waals surface area contributed by atoms with E-state index in [2.05, 4.69) is 32.9 Å². The van der Waals surface area contributed by atoms with Crippen molar-refractivity contribution in [3.8, 4) is 6.07 Å². The summed E-state index contributed by atoms with van der Waals surface area (Å²) in [6, 6.07) is 6.03. The van der Waals surface area contributed by atoms with Crippen molar-refractivity contribution >= 4 is 16.9 Å². The van der Waals surface area contributed by atoms with Crippen molar-refractivity contribution < 1.29 is 0 Å². The van der Waals surface area contributed by atoms with Gasteiger partial charge in [-0.2, -0.15) is 5.26 Å². The summed E-state index contributed by atoms with van der Waals surface area (Å²) in [6.07, 6.45) is 2.22. The third-order valence-corrected chi connectivity index (χ3v) is 2.81. The summed E-state index contributed by atoms with van der Waals surface area (Å²) in [5, 5.41) is 8.66. The first-order valence-corrected chi connectivity index (χ1v) is 5.14. The van der Waals surface area contributed by atoms with E-state index < -0.39 is 0 Å². The highest BCUT2D eigenvalue weighted by molar-refractivity contribution is 7.13. The Morgan fingerprint density at radius 2 is 2.23 bits per heavy atom. The monoisotopic (exact) mass is 191 g/mol. The second-order valence-electron chi connectivity index (χ2n) is 3.37. The molecule has 0 atom stereocenters. The van der Waals surface area contributed by atoms with Gasteiger partial charge >= 0.3 is 0 Å². The summed E-state index contributed by atoms with van der Waals surface area (Å²) >= 11 is 1.55. The van der Waals surface area contributed by atoms with Crippen LogP contribution in [0.2, 0.25) is 0 Å². The van der Waals surface area contributed by atoms with Gasteiger partial charge in [-0.15, -0.1) is 11.3 Å². The minimum atomic E-state index is 0.563. The van der Waals surface area contributed by atoms with Crippen molar-refractivity contribution in [3.05, 3.63) is 28.0 Å². The maximum Gasteiger partial charge on any atom is 0.110 e. The van der Waals surface area contributed by atoms with E-state index in [1.54, 1.807) is 11.3 Å². The van der Waals surface area contributed by atoms with Crippen LogP contribution in [0.25, 0.3) is 5.57 Å². The highest BCUT2D eigenvalue weighted by Gasteiger charge is 2.01. The van der Waals surface area contributed by atoms with Gasteiger partial charge in [0.05, 0.1) is 0 Å². The number of hydrogen-bond acceptors (Lipinski definition) is 2. The summed E-state index contributed by atoms with van der Waals surface area (Å²) in [7, 11) is 0. The molecule has 0 unspecified atom stereocenters. The van der Waals surface area contributed by atoms with Crippen LogP contribution in [0.3, 0.4) is 0 Å². The first-order chi connectivity index (χ1) is 6.13. The molecule has 1 nitrogen and oxygen atoms in total. The molecule has 1 heterocycles. The number of hydrogen-bond donors (Lipinski definition) is 0. The summed E-state index contributed by atoms with van der Waals surface area (Å²) in [6.45, 7) is 6.40. The molecule has 0 amide bonds. The number of nitriles is 1. The van der Waals surface area contributed by atoms with Crippen LogP contribution in [0.5, 0.6) is 0 Å². The standard InChI is InChI=1S/C11H13NS/c1-8(2)6-9(3)11-5-4-10(7-12)13-11/h4-6,8H,1-3H3/b9-6+. The molecule has 2 heteroatoms. The van der Waals surface area contributed by atoms with Gasteiger partial charge in [0.1, 0.15) is 10.9 Å². The lowest BCUT2D eigenvalue weighted by molar-refractivity contribution is 0.833. The third kappa shape index (κ3) is 2.71. The highest BCUT2D eigenvalue weighted by atomic mass is 32.1. The Morgan fingerprint density at radius 1 is 1.54 bits per heavy atom. The Bertz CT molecular complexity index is 352. The maximum absolute atomic E-state index is 8.66. The summed E-state index contributed by atoms with van der Waals surface area (Å²) < 4.78 is 0. The average Bonchev–Trinajstić information content (AvgIpc) is 2.50. The lowest BCUT2D eigenvalue weighted by Crippen LogP contribution is -1.80. The minimum absolute atomic E-state index is 0.563. The van der Waals surface area contributed by atoms with E-state index in [1.165, 1.54) is 10.5 Å². The molecule has 0 radical (unpaired) electrons. The van der Waals surface area contributed by atoms with Gasteiger partial charge in [0.15, 0.2) is 0 Å². The first kappa shape index (κ1) is 10.0. The number of thiophene rings is 1. The fourth-order valence-electron chi connectivity index (χ4n) is 1.19. The largest absolute Gasteiger partial charge is 0.192 e. The minimum Gasteiger partial charge on any atom is -0.192 e. The van der Waals surface area contributed by atoms with E-state index in [0.29, 0.717) is 5.92 Å². The van der Waals surface area contributed by atoms with E-state index in [1.807, 2.05) is 12.1 Å². The first-order valence-electron chi connectivity index (χ1n) is 4.32. The molecule has 0 fully saturated rings. The smallest absolute Gasteiger partial charge is 0.110 e. The van der Waals surface area contributed by atoms with Crippen molar-refractivity contribution in [1.29, 1.82) is 5.26 Å². The van der Waals surface area contributed by atoms with Crippen LogP contribution in [0.15, 0.2) is 18.2 Å². The van der Waals surface area contributed by atoms with Gasteiger partial charge in [-0.05, 0) is 30.5 Å². The molecule has 1 aromatic heterocycles. The molecule has 0 N–H and O–H groups in total. The molecule has 0 aliphatic carbocycles. The highest BCUT2D eigenvalue weighted by Crippen LogP contribution is 2.24. The summed E-state index contributed by atoms with van der Waals surface area (Å²) in [5.41, 5.74) is 1.27. The SMILES string of the molecule is C/C(=C\C(C)C)c1ccc(C#N)s1. The Kier molecular flexibility index (Phi) is 3.27. The molecule has 1 rings (SSSR count). The molecule has 0 spiro atoms. The maximum atomic E-state index is 8.66. The van der Waals surface area contributed by atoms with E-state index >= 15 is 0 Å². The molecule has 0 aromatic carbocycles. The van der Waals surface area contributed by atoms with Crippen LogP contribution in [-0.4, -0.2) is 0 Å². The molecular weight excluding hydrogens is 178 g/mol. The Morgan fingerprint density at radius 3 is 2.69 bits per heavy atom. The molecule has 13 heavy (non-hydrogen) atoms. The predicted octanol–water partition coefficient (Wildman–Crippen LogP) is 3.68. The predicted molar refractivity (Wildman–Crippen MR) is 57.5 cm³/mol. The molecule has 0 saturated heterocycles. The molecular formula is C11H13NS. The molecule has 0 bridgehead atoms. The third-order valence-electron chi connectivity index (χ3n) is 1.69. The average molecular weight is 191 g/mol. The van der Waals surface area contributed by atoms with Crippen molar-refractivity contribution in [1.82, 2.24) is 0 Å². The molecule has 0 aliphatic rings. The van der Waals surface area contributed by atoms with Gasteiger partial charge in [-0.25, -0.2) is 0 Å². The lowest BCUT2D eigenvalue weighted by Gasteiger charge is -1.99. The van der Waals surface area contributed by atoms with Gasteiger partial charge in [0, 0.05) is 4.88 Å².